The van der Waals surface area contributed by atoms with Crippen molar-refractivity contribution in [3.05, 3.63) is 65.7 Å². The van der Waals surface area contributed by atoms with Gasteiger partial charge in [0.1, 0.15) is 0 Å². The zero-order chi connectivity index (χ0) is 17.1. The Bertz CT molecular complexity index is 858. The van der Waals surface area contributed by atoms with Crippen LogP contribution in [0.25, 0.3) is 0 Å². The van der Waals surface area contributed by atoms with E-state index in [2.05, 4.69) is 4.72 Å². The fraction of sp³-hybridized carbons (Fsp3) is 0.250. The number of hydrogen-bond acceptors (Lipinski definition) is 4. The normalized spacial score (nSPS) is 13.7. The molecule has 0 aliphatic carbocycles. The van der Waals surface area contributed by atoms with E-state index in [1.807, 2.05) is 6.07 Å². The van der Waals surface area contributed by atoms with E-state index in [0.29, 0.717) is 11.1 Å². The molecule has 0 saturated heterocycles. The molecule has 1 atom stereocenters. The number of rotatable bonds is 6. The second-order valence-electron chi connectivity index (χ2n) is 5.43. The van der Waals surface area contributed by atoms with Gasteiger partial charge in [-0.15, -0.1) is 0 Å². The maximum Gasteiger partial charge on any atom is 0.216 e. The minimum Gasteiger partial charge on any atom is -0.224 e. The number of hydrogen-bond donors (Lipinski definition) is 1. The van der Waals surface area contributed by atoms with Crippen molar-refractivity contribution in [3.63, 3.8) is 0 Å². The maximum absolute atomic E-state index is 12.2. The summed E-state index contributed by atoms with van der Waals surface area (Å²) in [6.45, 7) is 1.72. The highest BCUT2D eigenvalue weighted by Gasteiger charge is 2.17. The lowest BCUT2D eigenvalue weighted by molar-refractivity contribution is 0.565. The summed E-state index contributed by atoms with van der Waals surface area (Å²) in [5, 5.41) is 0. The van der Waals surface area contributed by atoms with Crippen LogP contribution in [0.1, 0.15) is 24.1 Å². The van der Waals surface area contributed by atoms with Crippen LogP contribution >= 0.6 is 0 Å². The predicted octanol–water partition coefficient (Wildman–Crippen LogP) is 2.27. The van der Waals surface area contributed by atoms with Crippen molar-refractivity contribution >= 4 is 19.9 Å². The second-order valence-corrected chi connectivity index (χ2v) is 9.20. The summed E-state index contributed by atoms with van der Waals surface area (Å²) >= 11 is 0. The molecule has 0 radical (unpaired) electrons. The van der Waals surface area contributed by atoms with Gasteiger partial charge in [0.05, 0.1) is 10.6 Å². The van der Waals surface area contributed by atoms with Crippen LogP contribution in [0, 0.1) is 0 Å². The largest absolute Gasteiger partial charge is 0.224 e. The van der Waals surface area contributed by atoms with Crippen LogP contribution < -0.4 is 4.72 Å². The molecule has 0 fully saturated rings. The molecule has 2 aromatic carbocycles. The summed E-state index contributed by atoms with van der Waals surface area (Å²) in [5.74, 6) is -0.0976. The highest BCUT2D eigenvalue weighted by molar-refractivity contribution is 7.90. The molecule has 0 amide bonds. The Morgan fingerprint density at radius 3 is 2.00 bits per heavy atom. The van der Waals surface area contributed by atoms with Crippen LogP contribution in [0.5, 0.6) is 0 Å². The summed E-state index contributed by atoms with van der Waals surface area (Å²) in [4.78, 5) is 0.209. The smallest absolute Gasteiger partial charge is 0.216 e. The van der Waals surface area contributed by atoms with Crippen LogP contribution in [-0.4, -0.2) is 23.1 Å². The highest BCUT2D eigenvalue weighted by atomic mass is 32.2. The van der Waals surface area contributed by atoms with E-state index in [4.69, 9.17) is 0 Å². The summed E-state index contributed by atoms with van der Waals surface area (Å²) in [6.07, 6.45) is 1.13. The minimum absolute atomic E-state index is 0.0976. The van der Waals surface area contributed by atoms with E-state index >= 15 is 0 Å². The fourth-order valence-electron chi connectivity index (χ4n) is 2.18. The lowest BCUT2D eigenvalue weighted by atomic mass is 10.1. The van der Waals surface area contributed by atoms with Crippen LogP contribution in [0.3, 0.4) is 0 Å². The Hall–Kier alpha value is -1.70. The summed E-state index contributed by atoms with van der Waals surface area (Å²) in [6, 6.07) is 14.7. The van der Waals surface area contributed by atoms with E-state index < -0.39 is 25.9 Å². The predicted molar refractivity (Wildman–Crippen MR) is 90.2 cm³/mol. The first-order chi connectivity index (χ1) is 10.7. The molecule has 124 valence electrons. The molecule has 1 N–H and O–H groups in total. The van der Waals surface area contributed by atoms with Gasteiger partial charge in [0, 0.05) is 12.3 Å². The first-order valence-electron chi connectivity index (χ1n) is 7.01. The highest BCUT2D eigenvalue weighted by Crippen LogP contribution is 2.18. The average Bonchev–Trinajstić information content (AvgIpc) is 2.46. The Morgan fingerprint density at radius 1 is 0.913 bits per heavy atom. The molecule has 2 aromatic rings. The molecule has 0 spiro atoms. The molecule has 0 aliphatic rings. The van der Waals surface area contributed by atoms with E-state index in [1.54, 1.807) is 43.3 Å². The van der Waals surface area contributed by atoms with Gasteiger partial charge in [-0.25, -0.2) is 21.6 Å². The van der Waals surface area contributed by atoms with Gasteiger partial charge in [0.15, 0.2) is 9.84 Å². The third-order valence-electron chi connectivity index (χ3n) is 3.36. The SMILES string of the molecule is C[C@@H](NS(=O)(=O)Cc1ccccc1)c1ccc(S(C)(=O)=O)cc1. The van der Waals surface area contributed by atoms with Crippen molar-refractivity contribution in [2.24, 2.45) is 0 Å². The Morgan fingerprint density at radius 2 is 1.48 bits per heavy atom. The molecule has 23 heavy (non-hydrogen) atoms. The summed E-state index contributed by atoms with van der Waals surface area (Å²) < 4.78 is 49.9. The van der Waals surface area contributed by atoms with Gasteiger partial charge in [-0.1, -0.05) is 42.5 Å². The number of benzene rings is 2. The quantitative estimate of drug-likeness (QED) is 0.864. The van der Waals surface area contributed by atoms with Gasteiger partial charge in [-0.05, 0) is 30.2 Å². The van der Waals surface area contributed by atoms with Gasteiger partial charge in [-0.2, -0.15) is 0 Å². The molecule has 5 nitrogen and oxygen atoms in total. The number of sulfonamides is 1. The topological polar surface area (TPSA) is 80.3 Å². The van der Waals surface area contributed by atoms with Gasteiger partial charge in [-0.3, -0.25) is 0 Å². The molecule has 0 heterocycles. The third-order valence-corrected chi connectivity index (χ3v) is 5.92. The van der Waals surface area contributed by atoms with Crippen molar-refractivity contribution in [2.75, 3.05) is 6.26 Å². The Balaban J connectivity index is 2.10. The van der Waals surface area contributed by atoms with Crippen LogP contribution in [0.15, 0.2) is 59.5 Å². The molecule has 2 rings (SSSR count). The van der Waals surface area contributed by atoms with E-state index in [9.17, 15) is 16.8 Å². The third kappa shape index (κ3) is 5.16. The summed E-state index contributed by atoms with van der Waals surface area (Å²) in [7, 11) is -6.75. The van der Waals surface area contributed by atoms with Crippen molar-refractivity contribution < 1.29 is 16.8 Å². The average molecular weight is 353 g/mol. The lowest BCUT2D eigenvalue weighted by Gasteiger charge is -2.15. The minimum atomic E-state index is -3.49. The second kappa shape index (κ2) is 6.82. The van der Waals surface area contributed by atoms with E-state index in [1.165, 1.54) is 12.1 Å². The maximum atomic E-state index is 12.2. The van der Waals surface area contributed by atoms with Gasteiger partial charge >= 0.3 is 0 Å². The van der Waals surface area contributed by atoms with E-state index in [0.717, 1.165) is 6.26 Å². The van der Waals surface area contributed by atoms with Crippen molar-refractivity contribution in [1.29, 1.82) is 0 Å². The monoisotopic (exact) mass is 353 g/mol. The van der Waals surface area contributed by atoms with Gasteiger partial charge in [0.2, 0.25) is 10.0 Å². The zero-order valence-corrected chi connectivity index (χ0v) is 14.6. The van der Waals surface area contributed by atoms with Crippen molar-refractivity contribution in [1.82, 2.24) is 4.72 Å². The summed E-state index contributed by atoms with van der Waals surface area (Å²) in [5.41, 5.74) is 1.41. The van der Waals surface area contributed by atoms with Crippen LogP contribution in [0.4, 0.5) is 0 Å². The van der Waals surface area contributed by atoms with Crippen LogP contribution in [-0.2, 0) is 25.6 Å². The molecule has 0 aromatic heterocycles. The zero-order valence-electron chi connectivity index (χ0n) is 12.9. The number of nitrogens with one attached hydrogen (secondary N) is 1. The first kappa shape index (κ1) is 17.7. The lowest BCUT2D eigenvalue weighted by Crippen LogP contribution is -2.28. The van der Waals surface area contributed by atoms with Gasteiger partial charge in [0.25, 0.3) is 0 Å². The van der Waals surface area contributed by atoms with Crippen LogP contribution in [0.2, 0.25) is 0 Å². The molecule has 7 heteroatoms. The molecule has 0 saturated carbocycles. The molecular formula is C16H19NO4S2. The molecule has 0 bridgehead atoms. The van der Waals surface area contributed by atoms with Crippen molar-refractivity contribution in [3.8, 4) is 0 Å². The van der Waals surface area contributed by atoms with E-state index in [-0.39, 0.29) is 10.6 Å². The molecule has 0 aliphatic heterocycles. The Kier molecular flexibility index (Phi) is 5.23. The van der Waals surface area contributed by atoms with Gasteiger partial charge < -0.3 is 0 Å². The Labute approximate surface area is 137 Å². The number of sulfone groups is 1. The standard InChI is InChI=1S/C16H19NO4S2/c1-13(15-8-10-16(11-9-15)22(2,18)19)17-23(20,21)12-14-6-4-3-5-7-14/h3-11,13,17H,12H2,1-2H3/t13-/m1/s1. The molecular weight excluding hydrogens is 334 g/mol. The first-order valence-corrected chi connectivity index (χ1v) is 10.6. The van der Waals surface area contributed by atoms with Crippen molar-refractivity contribution in [2.45, 2.75) is 23.6 Å². The molecule has 0 unspecified atom stereocenters. The fourth-order valence-corrected chi connectivity index (χ4v) is 4.20.